The quantitative estimate of drug-likeness (QED) is 0.909. The van der Waals surface area contributed by atoms with E-state index in [2.05, 4.69) is 23.3 Å². The number of likely N-dealkylation sites (tertiary alicyclic amines) is 1. The van der Waals surface area contributed by atoms with E-state index in [9.17, 15) is 4.79 Å². The van der Waals surface area contributed by atoms with Crippen LogP contribution in [0.15, 0.2) is 18.3 Å². The van der Waals surface area contributed by atoms with Crippen LogP contribution in [-0.4, -0.2) is 42.2 Å². The van der Waals surface area contributed by atoms with Gasteiger partial charge >= 0.3 is 6.09 Å². The van der Waals surface area contributed by atoms with Crippen molar-refractivity contribution in [3.8, 4) is 0 Å². The lowest BCUT2D eigenvalue weighted by molar-refractivity contribution is 0.113. The van der Waals surface area contributed by atoms with Crippen LogP contribution in [0, 0.1) is 0 Å². The van der Waals surface area contributed by atoms with Gasteiger partial charge < -0.3 is 15.0 Å². The molecule has 0 saturated carbocycles. The molecule has 19 heavy (non-hydrogen) atoms. The molecule has 1 aromatic heterocycles. The molecule has 2 heterocycles. The van der Waals surface area contributed by atoms with Crippen LogP contribution in [0.3, 0.4) is 0 Å². The third kappa shape index (κ3) is 3.59. The topological polar surface area (TPSA) is 54.5 Å². The van der Waals surface area contributed by atoms with Gasteiger partial charge in [0.15, 0.2) is 0 Å². The zero-order valence-electron chi connectivity index (χ0n) is 11.6. The fourth-order valence-corrected chi connectivity index (χ4v) is 2.32. The normalized spacial score (nSPS) is 16.2. The average molecular weight is 263 g/mol. The second kappa shape index (κ2) is 6.41. The van der Waals surface area contributed by atoms with E-state index in [-0.39, 0.29) is 6.09 Å². The summed E-state index contributed by atoms with van der Waals surface area (Å²) >= 11 is 0. The van der Waals surface area contributed by atoms with Crippen LogP contribution in [0.5, 0.6) is 0 Å². The Labute approximate surface area is 114 Å². The lowest BCUT2D eigenvalue weighted by atomic mass is 10.1. The van der Waals surface area contributed by atoms with Crippen molar-refractivity contribution in [2.24, 2.45) is 0 Å². The van der Waals surface area contributed by atoms with E-state index in [0.717, 1.165) is 38.2 Å². The molecule has 1 N–H and O–H groups in total. The lowest BCUT2D eigenvalue weighted by Gasteiger charge is -2.31. The van der Waals surface area contributed by atoms with Gasteiger partial charge in [-0.1, -0.05) is 6.92 Å². The summed E-state index contributed by atoms with van der Waals surface area (Å²) in [4.78, 5) is 17.5. The first kappa shape index (κ1) is 13.6. The monoisotopic (exact) mass is 263 g/mol. The highest BCUT2D eigenvalue weighted by atomic mass is 16.5. The van der Waals surface area contributed by atoms with Gasteiger partial charge in [-0.05, 0) is 37.0 Å². The van der Waals surface area contributed by atoms with E-state index >= 15 is 0 Å². The third-order valence-corrected chi connectivity index (χ3v) is 3.51. The molecule has 1 saturated heterocycles. The minimum absolute atomic E-state index is 0.232. The Morgan fingerprint density at radius 2 is 2.26 bits per heavy atom. The van der Waals surface area contributed by atoms with Crippen molar-refractivity contribution in [1.82, 2.24) is 9.88 Å². The molecule has 2 rings (SSSR count). The number of carbonyl (C=O) groups excluding carboxylic acids is 1. The summed E-state index contributed by atoms with van der Waals surface area (Å²) in [7, 11) is 1.42. The van der Waals surface area contributed by atoms with Gasteiger partial charge in [0.2, 0.25) is 0 Å². The first-order chi connectivity index (χ1) is 9.22. The first-order valence-electron chi connectivity index (χ1n) is 6.77. The van der Waals surface area contributed by atoms with Crippen molar-refractivity contribution < 1.29 is 9.53 Å². The number of nitrogens with one attached hydrogen (secondary N) is 1. The minimum atomic E-state index is -0.232. The summed E-state index contributed by atoms with van der Waals surface area (Å²) in [5.41, 5.74) is 1.28. The van der Waals surface area contributed by atoms with E-state index in [4.69, 9.17) is 4.74 Å². The second-order valence-electron chi connectivity index (χ2n) is 4.78. The number of carbonyl (C=O) groups is 1. The Bertz CT molecular complexity index is 428. The Morgan fingerprint density at radius 3 is 2.89 bits per heavy atom. The van der Waals surface area contributed by atoms with E-state index in [0.29, 0.717) is 6.04 Å². The summed E-state index contributed by atoms with van der Waals surface area (Å²) in [6.07, 6.45) is 4.47. The molecular formula is C14H21N3O2. The number of aryl methyl sites for hydroxylation is 1. The fraction of sp³-hybridized carbons (Fsp3) is 0.571. The zero-order valence-corrected chi connectivity index (χ0v) is 11.6. The number of hydrogen-bond acceptors (Lipinski definition) is 4. The van der Waals surface area contributed by atoms with Crippen LogP contribution < -0.4 is 5.32 Å². The number of methoxy groups -OCH3 is 1. The molecule has 0 bridgehead atoms. The number of ether oxygens (including phenoxy) is 1. The molecule has 5 nitrogen and oxygen atoms in total. The van der Waals surface area contributed by atoms with Crippen LogP contribution in [0.25, 0.3) is 0 Å². The van der Waals surface area contributed by atoms with Gasteiger partial charge in [0.05, 0.1) is 7.11 Å². The predicted octanol–water partition coefficient (Wildman–Crippen LogP) is 2.29. The van der Waals surface area contributed by atoms with E-state index in [1.807, 2.05) is 12.3 Å². The Balaban J connectivity index is 1.86. The molecule has 0 aromatic carbocycles. The Kier molecular flexibility index (Phi) is 4.60. The minimum Gasteiger partial charge on any atom is -0.453 e. The molecular weight excluding hydrogens is 242 g/mol. The van der Waals surface area contributed by atoms with Gasteiger partial charge in [-0.2, -0.15) is 0 Å². The maximum Gasteiger partial charge on any atom is 0.409 e. The number of piperidine rings is 1. The van der Waals surface area contributed by atoms with Crippen molar-refractivity contribution in [2.45, 2.75) is 32.2 Å². The average Bonchev–Trinajstić information content (AvgIpc) is 2.47. The largest absolute Gasteiger partial charge is 0.453 e. The summed E-state index contributed by atoms with van der Waals surface area (Å²) in [6.45, 7) is 3.60. The number of nitrogens with zero attached hydrogens (tertiary/aromatic N) is 2. The van der Waals surface area contributed by atoms with Gasteiger partial charge in [-0.25, -0.2) is 9.78 Å². The smallest absolute Gasteiger partial charge is 0.409 e. The molecule has 0 radical (unpaired) electrons. The molecule has 104 valence electrons. The van der Waals surface area contributed by atoms with Crippen molar-refractivity contribution in [2.75, 3.05) is 25.5 Å². The second-order valence-corrected chi connectivity index (χ2v) is 4.78. The summed E-state index contributed by atoms with van der Waals surface area (Å²) < 4.78 is 4.73. The third-order valence-electron chi connectivity index (χ3n) is 3.51. The Morgan fingerprint density at radius 1 is 1.53 bits per heavy atom. The molecule has 1 aromatic rings. The molecule has 0 spiro atoms. The summed E-state index contributed by atoms with van der Waals surface area (Å²) in [5.74, 6) is 0.927. The number of hydrogen-bond donors (Lipinski definition) is 1. The molecule has 0 atom stereocenters. The van der Waals surface area contributed by atoms with Gasteiger partial charge in [0, 0.05) is 25.3 Å². The molecule has 1 amide bonds. The number of anilines is 1. The fourth-order valence-electron chi connectivity index (χ4n) is 2.32. The van der Waals surface area contributed by atoms with Crippen LogP contribution in [0.4, 0.5) is 10.6 Å². The van der Waals surface area contributed by atoms with Crippen molar-refractivity contribution in [3.63, 3.8) is 0 Å². The molecule has 0 aliphatic carbocycles. The maximum atomic E-state index is 11.4. The van der Waals surface area contributed by atoms with E-state index in [1.54, 1.807) is 4.90 Å². The van der Waals surface area contributed by atoms with Gasteiger partial charge in [0.1, 0.15) is 5.82 Å². The van der Waals surface area contributed by atoms with Gasteiger partial charge in [-0.15, -0.1) is 0 Å². The number of pyridine rings is 1. The molecule has 5 heteroatoms. The number of amides is 1. The highest BCUT2D eigenvalue weighted by Crippen LogP contribution is 2.16. The van der Waals surface area contributed by atoms with E-state index < -0.39 is 0 Å². The standard InChI is InChI=1S/C14H21N3O2/c1-3-11-4-7-15-13(10-11)16-12-5-8-17(9-6-12)14(18)19-2/h4,7,10,12H,3,5-6,8-9H2,1-2H3,(H,15,16). The summed E-state index contributed by atoms with van der Waals surface area (Å²) in [5, 5.41) is 3.44. The predicted molar refractivity (Wildman–Crippen MR) is 74.2 cm³/mol. The van der Waals surface area contributed by atoms with Crippen LogP contribution in [0.2, 0.25) is 0 Å². The highest BCUT2D eigenvalue weighted by Gasteiger charge is 2.23. The van der Waals surface area contributed by atoms with Crippen molar-refractivity contribution in [3.05, 3.63) is 23.9 Å². The van der Waals surface area contributed by atoms with Gasteiger partial charge in [0.25, 0.3) is 0 Å². The zero-order chi connectivity index (χ0) is 13.7. The van der Waals surface area contributed by atoms with Crippen molar-refractivity contribution >= 4 is 11.9 Å². The first-order valence-corrected chi connectivity index (χ1v) is 6.77. The maximum absolute atomic E-state index is 11.4. The van der Waals surface area contributed by atoms with Gasteiger partial charge in [-0.3, -0.25) is 0 Å². The molecule has 1 aliphatic heterocycles. The lowest BCUT2D eigenvalue weighted by Crippen LogP contribution is -2.42. The molecule has 0 unspecified atom stereocenters. The molecule has 1 aliphatic rings. The highest BCUT2D eigenvalue weighted by molar-refractivity contribution is 5.67. The molecule has 1 fully saturated rings. The Hall–Kier alpha value is -1.78. The van der Waals surface area contributed by atoms with Crippen LogP contribution in [-0.2, 0) is 11.2 Å². The summed E-state index contributed by atoms with van der Waals surface area (Å²) in [6, 6.07) is 4.50. The van der Waals surface area contributed by atoms with Crippen LogP contribution in [0.1, 0.15) is 25.3 Å². The SMILES string of the molecule is CCc1ccnc(NC2CCN(C(=O)OC)CC2)c1. The number of rotatable bonds is 3. The van der Waals surface area contributed by atoms with E-state index in [1.165, 1.54) is 12.7 Å². The van der Waals surface area contributed by atoms with Crippen LogP contribution >= 0.6 is 0 Å². The van der Waals surface area contributed by atoms with Crippen molar-refractivity contribution in [1.29, 1.82) is 0 Å². The number of aromatic nitrogens is 1.